The normalized spacial score (nSPS) is 10.7. The van der Waals surface area contributed by atoms with Crippen molar-refractivity contribution in [1.29, 1.82) is 0 Å². The molecule has 15 heavy (non-hydrogen) atoms. The smallest absolute Gasteiger partial charge is 0.0393 e. The van der Waals surface area contributed by atoms with Crippen molar-refractivity contribution < 1.29 is 0 Å². The van der Waals surface area contributed by atoms with E-state index < -0.39 is 0 Å². The number of hydrogen-bond donors (Lipinski definition) is 2. The third-order valence-corrected chi connectivity index (χ3v) is 2.70. The lowest BCUT2D eigenvalue weighted by atomic mass is 10.00. The van der Waals surface area contributed by atoms with Crippen molar-refractivity contribution in [2.45, 2.75) is 12.8 Å². The van der Waals surface area contributed by atoms with Crippen LogP contribution in [0.25, 0.3) is 10.8 Å². The van der Waals surface area contributed by atoms with E-state index in [9.17, 15) is 0 Å². The van der Waals surface area contributed by atoms with E-state index in [2.05, 4.69) is 24.3 Å². The van der Waals surface area contributed by atoms with Gasteiger partial charge in [-0.1, -0.05) is 30.3 Å². The number of aryl methyl sites for hydroxylation is 1. The van der Waals surface area contributed by atoms with Gasteiger partial charge in [0.1, 0.15) is 0 Å². The summed E-state index contributed by atoms with van der Waals surface area (Å²) in [6, 6.07) is 12.3. The van der Waals surface area contributed by atoms with Crippen LogP contribution in [-0.4, -0.2) is 6.54 Å². The molecule has 0 aliphatic heterocycles. The average Bonchev–Trinajstić information content (AvgIpc) is 2.27. The summed E-state index contributed by atoms with van der Waals surface area (Å²) in [5, 5.41) is 2.40. The molecule has 0 saturated carbocycles. The predicted octanol–water partition coefficient (Wildman–Crippen LogP) is 2.31. The number of fused-ring (bicyclic) bond motifs is 1. The maximum atomic E-state index is 5.93. The van der Waals surface area contributed by atoms with Gasteiger partial charge in [0.25, 0.3) is 0 Å². The van der Waals surface area contributed by atoms with Crippen LogP contribution in [0.4, 0.5) is 5.69 Å². The maximum absolute atomic E-state index is 5.93. The summed E-state index contributed by atoms with van der Waals surface area (Å²) in [6.07, 6.45) is 2.05. The number of rotatable bonds is 3. The van der Waals surface area contributed by atoms with Gasteiger partial charge in [-0.15, -0.1) is 0 Å². The number of nitrogens with two attached hydrogens (primary N) is 2. The summed E-state index contributed by atoms with van der Waals surface area (Å²) in [6.45, 7) is 0.735. The van der Waals surface area contributed by atoms with Crippen molar-refractivity contribution in [2.24, 2.45) is 5.73 Å². The van der Waals surface area contributed by atoms with E-state index >= 15 is 0 Å². The molecule has 4 N–H and O–H groups in total. The Hall–Kier alpha value is -1.54. The number of benzene rings is 2. The van der Waals surface area contributed by atoms with Crippen molar-refractivity contribution in [1.82, 2.24) is 0 Å². The molecule has 2 heteroatoms. The lowest BCUT2D eigenvalue weighted by molar-refractivity contribution is 0.837. The van der Waals surface area contributed by atoms with Gasteiger partial charge >= 0.3 is 0 Å². The molecule has 78 valence electrons. The van der Waals surface area contributed by atoms with Crippen LogP contribution >= 0.6 is 0 Å². The van der Waals surface area contributed by atoms with Crippen LogP contribution in [0.3, 0.4) is 0 Å². The highest BCUT2D eigenvalue weighted by Gasteiger charge is 2.01. The molecule has 2 aromatic carbocycles. The van der Waals surface area contributed by atoms with Crippen LogP contribution in [0.5, 0.6) is 0 Å². The Morgan fingerprint density at radius 1 is 0.933 bits per heavy atom. The molecule has 0 amide bonds. The van der Waals surface area contributed by atoms with Gasteiger partial charge in [0.15, 0.2) is 0 Å². The Bertz CT molecular complexity index is 463. The minimum absolute atomic E-state index is 0.735. The second kappa shape index (κ2) is 4.32. The van der Waals surface area contributed by atoms with E-state index in [0.29, 0.717) is 0 Å². The van der Waals surface area contributed by atoms with Crippen LogP contribution in [-0.2, 0) is 6.42 Å². The largest absolute Gasteiger partial charge is 0.398 e. The Balaban J connectivity index is 2.51. The molecular weight excluding hydrogens is 184 g/mol. The molecule has 0 aliphatic carbocycles. The molecule has 0 atom stereocenters. The van der Waals surface area contributed by atoms with Gasteiger partial charge in [-0.3, -0.25) is 0 Å². The molecule has 0 radical (unpaired) electrons. The number of hydrogen-bond acceptors (Lipinski definition) is 2. The van der Waals surface area contributed by atoms with Crippen molar-refractivity contribution in [3.8, 4) is 0 Å². The topological polar surface area (TPSA) is 52.0 Å². The lowest BCUT2D eigenvalue weighted by Crippen LogP contribution is -2.00. The van der Waals surface area contributed by atoms with Crippen LogP contribution in [0, 0.1) is 0 Å². The minimum Gasteiger partial charge on any atom is -0.398 e. The van der Waals surface area contributed by atoms with Crippen molar-refractivity contribution in [3.63, 3.8) is 0 Å². The van der Waals surface area contributed by atoms with E-state index in [1.807, 2.05) is 12.1 Å². The molecular formula is C13H16N2. The van der Waals surface area contributed by atoms with E-state index in [1.54, 1.807) is 0 Å². The molecule has 0 unspecified atom stereocenters. The van der Waals surface area contributed by atoms with Gasteiger partial charge in [-0.2, -0.15) is 0 Å². The van der Waals surface area contributed by atoms with Crippen LogP contribution in [0.15, 0.2) is 36.4 Å². The number of anilines is 1. The molecule has 0 spiro atoms. The van der Waals surface area contributed by atoms with Crippen molar-refractivity contribution >= 4 is 16.5 Å². The summed E-state index contributed by atoms with van der Waals surface area (Å²) in [7, 11) is 0. The van der Waals surface area contributed by atoms with Gasteiger partial charge < -0.3 is 11.5 Å². The van der Waals surface area contributed by atoms with Gasteiger partial charge in [-0.25, -0.2) is 0 Å². The third kappa shape index (κ3) is 1.95. The fourth-order valence-electron chi connectivity index (χ4n) is 1.91. The molecule has 2 rings (SSSR count). The summed E-state index contributed by atoms with van der Waals surface area (Å²) in [5.41, 5.74) is 13.6. The van der Waals surface area contributed by atoms with Crippen LogP contribution in [0.1, 0.15) is 12.0 Å². The molecule has 0 aromatic heterocycles. The zero-order valence-corrected chi connectivity index (χ0v) is 8.74. The fourth-order valence-corrected chi connectivity index (χ4v) is 1.91. The molecule has 0 fully saturated rings. The van der Waals surface area contributed by atoms with Gasteiger partial charge in [0.2, 0.25) is 0 Å². The molecule has 2 aromatic rings. The highest BCUT2D eigenvalue weighted by molar-refractivity contribution is 5.94. The summed E-state index contributed by atoms with van der Waals surface area (Å²) >= 11 is 0. The zero-order chi connectivity index (χ0) is 10.7. The van der Waals surface area contributed by atoms with Gasteiger partial charge in [-0.05, 0) is 36.4 Å². The van der Waals surface area contributed by atoms with E-state index in [1.165, 1.54) is 10.9 Å². The SMILES string of the molecule is NCCCc1cccc2c(N)cccc12. The van der Waals surface area contributed by atoms with E-state index in [0.717, 1.165) is 30.5 Å². The quantitative estimate of drug-likeness (QED) is 0.747. The van der Waals surface area contributed by atoms with E-state index in [-0.39, 0.29) is 0 Å². The third-order valence-electron chi connectivity index (χ3n) is 2.70. The van der Waals surface area contributed by atoms with Crippen LogP contribution < -0.4 is 11.5 Å². The first kappa shape index (κ1) is 9.99. The van der Waals surface area contributed by atoms with Gasteiger partial charge in [0, 0.05) is 11.1 Å². The first-order valence-corrected chi connectivity index (χ1v) is 5.29. The first-order valence-electron chi connectivity index (χ1n) is 5.29. The summed E-state index contributed by atoms with van der Waals surface area (Å²) in [4.78, 5) is 0. The lowest BCUT2D eigenvalue weighted by Gasteiger charge is -2.07. The molecule has 0 heterocycles. The molecule has 0 saturated heterocycles. The zero-order valence-electron chi connectivity index (χ0n) is 8.74. The Kier molecular flexibility index (Phi) is 2.88. The van der Waals surface area contributed by atoms with E-state index in [4.69, 9.17) is 11.5 Å². The second-order valence-electron chi connectivity index (χ2n) is 3.75. The molecule has 0 bridgehead atoms. The Labute approximate surface area is 89.9 Å². The average molecular weight is 200 g/mol. The second-order valence-corrected chi connectivity index (χ2v) is 3.75. The minimum atomic E-state index is 0.735. The standard InChI is InChI=1S/C13H16N2/c14-9-3-5-10-4-1-7-12-11(10)6-2-8-13(12)15/h1-2,4,6-8H,3,5,9,14-15H2. The molecule has 0 aliphatic rings. The highest BCUT2D eigenvalue weighted by atomic mass is 14.5. The van der Waals surface area contributed by atoms with Crippen LogP contribution in [0.2, 0.25) is 0 Å². The van der Waals surface area contributed by atoms with Gasteiger partial charge in [0.05, 0.1) is 0 Å². The predicted molar refractivity (Wildman–Crippen MR) is 65.7 cm³/mol. The van der Waals surface area contributed by atoms with Crippen molar-refractivity contribution in [3.05, 3.63) is 42.0 Å². The number of nitrogen functional groups attached to an aromatic ring is 1. The summed E-state index contributed by atoms with van der Waals surface area (Å²) in [5.74, 6) is 0. The summed E-state index contributed by atoms with van der Waals surface area (Å²) < 4.78 is 0. The fraction of sp³-hybridized carbons (Fsp3) is 0.231. The monoisotopic (exact) mass is 200 g/mol. The van der Waals surface area contributed by atoms with Crippen molar-refractivity contribution in [2.75, 3.05) is 12.3 Å². The Morgan fingerprint density at radius 3 is 2.47 bits per heavy atom. The maximum Gasteiger partial charge on any atom is 0.0393 e. The highest BCUT2D eigenvalue weighted by Crippen LogP contribution is 2.24. The Morgan fingerprint density at radius 2 is 1.67 bits per heavy atom. The first-order chi connectivity index (χ1) is 7.33. The molecule has 2 nitrogen and oxygen atoms in total.